The highest BCUT2D eigenvalue weighted by molar-refractivity contribution is 5.87. The third-order valence-electron chi connectivity index (χ3n) is 6.52. The van der Waals surface area contributed by atoms with Gasteiger partial charge in [-0.1, -0.05) is 18.6 Å². The second-order valence-electron chi connectivity index (χ2n) is 7.94. The molecular weight excluding hydrogens is 286 g/mol. The summed E-state index contributed by atoms with van der Waals surface area (Å²) in [6.45, 7) is 2.08. The quantitative estimate of drug-likeness (QED) is 0.886. The molecule has 3 aliphatic rings. The number of aromatic carboxylic acids is 1. The Labute approximate surface area is 138 Å². The third kappa shape index (κ3) is 3.16. The molecule has 23 heavy (non-hydrogen) atoms. The number of likely N-dealkylation sites (tertiary alicyclic amines) is 1. The summed E-state index contributed by atoms with van der Waals surface area (Å²) in [4.78, 5) is 13.7. The number of rotatable bonds is 5. The summed E-state index contributed by atoms with van der Waals surface area (Å²) in [6.07, 6.45) is 9.93. The van der Waals surface area contributed by atoms with Crippen LogP contribution in [-0.4, -0.2) is 28.6 Å². The van der Waals surface area contributed by atoms with E-state index < -0.39 is 5.97 Å². The van der Waals surface area contributed by atoms with Crippen LogP contribution in [0.2, 0.25) is 0 Å². The Bertz CT molecular complexity index is 585. The van der Waals surface area contributed by atoms with Crippen molar-refractivity contribution >= 4 is 5.97 Å². The van der Waals surface area contributed by atoms with Crippen molar-refractivity contribution in [2.24, 2.45) is 17.8 Å². The lowest BCUT2D eigenvalue weighted by Gasteiger charge is -2.30. The van der Waals surface area contributed by atoms with Crippen molar-refractivity contribution in [2.45, 2.75) is 57.5 Å². The molecule has 0 radical (unpaired) electrons. The van der Waals surface area contributed by atoms with Gasteiger partial charge >= 0.3 is 5.97 Å². The highest BCUT2D eigenvalue weighted by Crippen LogP contribution is 2.50. The molecule has 4 rings (SSSR count). The van der Waals surface area contributed by atoms with Crippen LogP contribution in [0, 0.1) is 17.8 Å². The molecule has 1 aliphatic heterocycles. The molecule has 4 unspecified atom stereocenters. The van der Waals surface area contributed by atoms with Crippen LogP contribution in [0.15, 0.2) is 24.3 Å². The molecule has 1 N–H and O–H groups in total. The van der Waals surface area contributed by atoms with Gasteiger partial charge in [0.05, 0.1) is 5.56 Å². The van der Waals surface area contributed by atoms with Crippen LogP contribution in [-0.2, 0) is 6.54 Å². The van der Waals surface area contributed by atoms with Crippen LogP contribution in [0.1, 0.15) is 60.9 Å². The minimum absolute atomic E-state index is 0.409. The average molecular weight is 313 g/mol. The Hall–Kier alpha value is -1.35. The second kappa shape index (κ2) is 6.27. The Morgan fingerprint density at radius 1 is 1.22 bits per heavy atom. The molecule has 0 amide bonds. The summed E-state index contributed by atoms with van der Waals surface area (Å²) in [5.74, 6) is 2.18. The molecule has 0 spiro atoms. The van der Waals surface area contributed by atoms with Gasteiger partial charge in [-0.3, -0.25) is 4.90 Å². The van der Waals surface area contributed by atoms with E-state index in [1.54, 1.807) is 6.07 Å². The summed E-state index contributed by atoms with van der Waals surface area (Å²) in [5, 5.41) is 9.16. The highest BCUT2D eigenvalue weighted by Gasteiger charge is 2.41. The molecule has 2 bridgehead atoms. The number of hydrogen-bond acceptors (Lipinski definition) is 2. The molecule has 1 aromatic carbocycles. The number of carboxylic acids is 1. The molecule has 4 atom stereocenters. The van der Waals surface area contributed by atoms with Gasteiger partial charge in [0.1, 0.15) is 0 Å². The maximum absolute atomic E-state index is 11.1. The zero-order valence-corrected chi connectivity index (χ0v) is 13.8. The van der Waals surface area contributed by atoms with Crippen molar-refractivity contribution in [1.29, 1.82) is 0 Å². The van der Waals surface area contributed by atoms with Gasteiger partial charge in [0.2, 0.25) is 0 Å². The topological polar surface area (TPSA) is 40.5 Å². The molecule has 1 aromatic rings. The van der Waals surface area contributed by atoms with Crippen molar-refractivity contribution < 1.29 is 9.90 Å². The summed E-state index contributed by atoms with van der Waals surface area (Å²) < 4.78 is 0. The SMILES string of the molecule is O=C(O)c1cccc(CN2CCCC2CC2CC3CCC2C3)c1. The first-order valence-electron chi connectivity index (χ1n) is 9.25. The number of benzene rings is 1. The van der Waals surface area contributed by atoms with Crippen molar-refractivity contribution in [1.82, 2.24) is 4.90 Å². The number of carboxylic acid groups (broad SMARTS) is 1. The first-order valence-corrected chi connectivity index (χ1v) is 9.25. The van der Waals surface area contributed by atoms with Gasteiger partial charge in [-0.15, -0.1) is 0 Å². The van der Waals surface area contributed by atoms with E-state index in [9.17, 15) is 4.79 Å². The molecule has 124 valence electrons. The van der Waals surface area contributed by atoms with E-state index in [1.165, 1.54) is 51.5 Å². The number of nitrogens with zero attached hydrogens (tertiary/aromatic N) is 1. The lowest BCUT2D eigenvalue weighted by atomic mass is 9.83. The van der Waals surface area contributed by atoms with Crippen molar-refractivity contribution in [3.63, 3.8) is 0 Å². The average Bonchev–Trinajstić information content (AvgIpc) is 3.26. The first kappa shape index (κ1) is 15.2. The molecule has 0 aromatic heterocycles. The van der Waals surface area contributed by atoms with Crippen LogP contribution in [0.3, 0.4) is 0 Å². The van der Waals surface area contributed by atoms with E-state index in [2.05, 4.69) is 11.0 Å². The van der Waals surface area contributed by atoms with Gasteiger partial charge in [0.15, 0.2) is 0 Å². The van der Waals surface area contributed by atoms with Crippen LogP contribution < -0.4 is 0 Å². The molecule has 1 heterocycles. The third-order valence-corrected chi connectivity index (χ3v) is 6.52. The standard InChI is InChI=1S/C20H27NO2/c22-20(23)17-4-1-3-15(11-17)13-21-8-2-5-19(21)12-18-10-14-6-7-16(18)9-14/h1,3-4,11,14,16,18-19H,2,5-10,12-13H2,(H,22,23). The molecule has 3 nitrogen and oxygen atoms in total. The smallest absolute Gasteiger partial charge is 0.335 e. The lowest BCUT2D eigenvalue weighted by Crippen LogP contribution is -2.32. The number of fused-ring (bicyclic) bond motifs is 2. The van der Waals surface area contributed by atoms with Crippen molar-refractivity contribution in [3.8, 4) is 0 Å². The molecule has 1 saturated heterocycles. The Morgan fingerprint density at radius 2 is 2.13 bits per heavy atom. The normalized spacial score (nSPS) is 33.4. The van der Waals surface area contributed by atoms with Gasteiger partial charge in [0, 0.05) is 12.6 Å². The van der Waals surface area contributed by atoms with Crippen LogP contribution in [0.4, 0.5) is 0 Å². The van der Waals surface area contributed by atoms with E-state index in [1.807, 2.05) is 12.1 Å². The minimum Gasteiger partial charge on any atom is -0.478 e. The molecule has 2 saturated carbocycles. The Morgan fingerprint density at radius 3 is 2.87 bits per heavy atom. The van der Waals surface area contributed by atoms with Gasteiger partial charge in [-0.25, -0.2) is 4.79 Å². The van der Waals surface area contributed by atoms with Gasteiger partial charge in [0.25, 0.3) is 0 Å². The predicted octanol–water partition coefficient (Wildman–Crippen LogP) is 4.18. The fourth-order valence-corrected chi connectivity index (χ4v) is 5.42. The van der Waals surface area contributed by atoms with E-state index in [-0.39, 0.29) is 0 Å². The molecule has 2 aliphatic carbocycles. The van der Waals surface area contributed by atoms with Gasteiger partial charge < -0.3 is 5.11 Å². The summed E-state index contributed by atoms with van der Waals surface area (Å²) in [6, 6.07) is 8.18. The fraction of sp³-hybridized carbons (Fsp3) is 0.650. The van der Waals surface area contributed by atoms with Crippen LogP contribution >= 0.6 is 0 Å². The van der Waals surface area contributed by atoms with E-state index in [0.29, 0.717) is 11.6 Å². The van der Waals surface area contributed by atoms with Crippen molar-refractivity contribution in [3.05, 3.63) is 35.4 Å². The molecule has 3 fully saturated rings. The lowest BCUT2D eigenvalue weighted by molar-refractivity contribution is 0.0696. The summed E-state index contributed by atoms with van der Waals surface area (Å²) in [7, 11) is 0. The zero-order valence-electron chi connectivity index (χ0n) is 13.8. The van der Waals surface area contributed by atoms with Crippen LogP contribution in [0.5, 0.6) is 0 Å². The minimum atomic E-state index is -0.827. The van der Waals surface area contributed by atoms with E-state index in [0.717, 1.165) is 29.9 Å². The van der Waals surface area contributed by atoms with Gasteiger partial charge in [-0.05, 0) is 80.5 Å². The van der Waals surface area contributed by atoms with Crippen LogP contribution in [0.25, 0.3) is 0 Å². The molecular formula is C20H27NO2. The van der Waals surface area contributed by atoms with Crippen molar-refractivity contribution in [2.75, 3.05) is 6.54 Å². The highest BCUT2D eigenvalue weighted by atomic mass is 16.4. The number of hydrogen-bond donors (Lipinski definition) is 1. The number of carbonyl (C=O) groups is 1. The monoisotopic (exact) mass is 313 g/mol. The van der Waals surface area contributed by atoms with Gasteiger partial charge in [-0.2, -0.15) is 0 Å². The summed E-state index contributed by atoms with van der Waals surface area (Å²) in [5.41, 5.74) is 1.55. The maximum Gasteiger partial charge on any atom is 0.335 e. The van der Waals surface area contributed by atoms with E-state index in [4.69, 9.17) is 5.11 Å². The zero-order chi connectivity index (χ0) is 15.8. The first-order chi connectivity index (χ1) is 11.2. The Kier molecular flexibility index (Phi) is 4.14. The molecule has 3 heteroatoms. The fourth-order valence-electron chi connectivity index (χ4n) is 5.42. The van der Waals surface area contributed by atoms with E-state index >= 15 is 0 Å². The second-order valence-corrected chi connectivity index (χ2v) is 7.94. The maximum atomic E-state index is 11.1. The summed E-state index contributed by atoms with van der Waals surface area (Å²) >= 11 is 0. The largest absolute Gasteiger partial charge is 0.478 e. The Balaban J connectivity index is 1.40. The predicted molar refractivity (Wildman–Crippen MR) is 90.4 cm³/mol.